The maximum atomic E-state index is 10.4. The normalized spacial score (nSPS) is 39.0. The van der Waals surface area contributed by atoms with E-state index in [1.165, 1.54) is 0 Å². The average Bonchev–Trinajstić information content (AvgIpc) is 2.78. The Hall–Kier alpha value is -0.0361. The Morgan fingerprint density at radius 2 is 2.29 bits per heavy atom. The Bertz CT molecular complexity index is 290. The zero-order valence-electron chi connectivity index (χ0n) is 9.50. The molecule has 2 saturated heterocycles. The Kier molecular flexibility index (Phi) is 5.50. The standard InChI is InChI=1S/C10H14NO5.Y/c1-7-3-16-10(4-14-5-12)8(7)2-11-9(10)15-6-13;/h3,5-9,11H,2,4H2,1H3;/q-1;. The minimum absolute atomic E-state index is 0. The quantitative estimate of drug-likeness (QED) is 0.541. The molecule has 0 saturated carbocycles. The number of ether oxygens (including phenoxy) is 3. The third kappa shape index (κ3) is 2.55. The number of rotatable bonds is 5. The second-order valence-corrected chi connectivity index (χ2v) is 4.10. The largest absolute Gasteiger partial charge is 0.541 e. The summed E-state index contributed by atoms with van der Waals surface area (Å²) in [7, 11) is 0. The molecule has 2 fully saturated rings. The van der Waals surface area contributed by atoms with Crippen LogP contribution in [0.2, 0.25) is 0 Å². The molecule has 2 heterocycles. The summed E-state index contributed by atoms with van der Waals surface area (Å²) in [6.07, 6.45) is -0.573. The molecule has 2 aliphatic heterocycles. The molecule has 17 heavy (non-hydrogen) atoms. The molecular formula is C10H14NO5Y-. The molecule has 0 amide bonds. The van der Waals surface area contributed by atoms with Crippen LogP contribution in [0.4, 0.5) is 0 Å². The Balaban J connectivity index is 0.00000144. The van der Waals surface area contributed by atoms with E-state index < -0.39 is 11.8 Å². The van der Waals surface area contributed by atoms with Crippen molar-refractivity contribution in [3.05, 3.63) is 6.61 Å². The molecule has 1 N–H and O–H groups in total. The fourth-order valence-electron chi connectivity index (χ4n) is 2.48. The fourth-order valence-corrected chi connectivity index (χ4v) is 2.48. The zero-order chi connectivity index (χ0) is 11.6. The van der Waals surface area contributed by atoms with Crippen molar-refractivity contribution in [2.45, 2.75) is 18.8 Å². The summed E-state index contributed by atoms with van der Waals surface area (Å²) in [6.45, 7) is 5.20. The van der Waals surface area contributed by atoms with Crippen LogP contribution in [0.5, 0.6) is 0 Å². The maximum absolute atomic E-state index is 10.4. The second-order valence-electron chi connectivity index (χ2n) is 4.10. The smallest absolute Gasteiger partial charge is 0.294 e. The molecule has 4 unspecified atom stereocenters. The van der Waals surface area contributed by atoms with E-state index >= 15 is 0 Å². The summed E-state index contributed by atoms with van der Waals surface area (Å²) in [6, 6.07) is 0. The molecule has 93 valence electrons. The van der Waals surface area contributed by atoms with E-state index in [2.05, 4.69) is 5.32 Å². The van der Waals surface area contributed by atoms with E-state index in [0.717, 1.165) is 0 Å². The zero-order valence-corrected chi connectivity index (χ0v) is 12.3. The number of fused-ring (bicyclic) bond motifs is 1. The van der Waals surface area contributed by atoms with Crippen molar-refractivity contribution < 1.29 is 56.5 Å². The molecule has 2 rings (SSSR count). The van der Waals surface area contributed by atoms with Gasteiger partial charge in [0.05, 0.1) is 0 Å². The van der Waals surface area contributed by atoms with E-state index in [0.29, 0.717) is 19.5 Å². The van der Waals surface area contributed by atoms with Crippen molar-refractivity contribution in [3.8, 4) is 0 Å². The molecule has 0 aromatic carbocycles. The van der Waals surface area contributed by atoms with Gasteiger partial charge in [0.2, 0.25) is 0 Å². The van der Waals surface area contributed by atoms with E-state index in [4.69, 9.17) is 14.2 Å². The van der Waals surface area contributed by atoms with Crippen LogP contribution in [0.15, 0.2) is 0 Å². The van der Waals surface area contributed by atoms with E-state index in [-0.39, 0.29) is 51.2 Å². The minimum atomic E-state index is -0.777. The van der Waals surface area contributed by atoms with Crippen molar-refractivity contribution in [2.24, 2.45) is 11.8 Å². The Labute approximate surface area is 125 Å². The van der Waals surface area contributed by atoms with Crippen LogP contribution in [-0.4, -0.2) is 37.9 Å². The summed E-state index contributed by atoms with van der Waals surface area (Å²) in [5.74, 6) is 0.361. The van der Waals surface area contributed by atoms with Crippen LogP contribution < -0.4 is 5.32 Å². The van der Waals surface area contributed by atoms with Gasteiger partial charge in [0.15, 0.2) is 6.23 Å². The van der Waals surface area contributed by atoms with Gasteiger partial charge in [-0.2, -0.15) is 0 Å². The van der Waals surface area contributed by atoms with Gasteiger partial charge in [-0.15, -0.1) is 5.92 Å². The number of nitrogens with one attached hydrogen (secondary N) is 1. The van der Waals surface area contributed by atoms with Crippen LogP contribution in [0, 0.1) is 18.4 Å². The fraction of sp³-hybridized carbons (Fsp3) is 0.700. The molecule has 6 nitrogen and oxygen atoms in total. The van der Waals surface area contributed by atoms with Crippen LogP contribution >= 0.6 is 0 Å². The SMILES string of the molecule is CC1[CH-]OC2(COC=O)C(OC=O)NCC12.[Y]. The van der Waals surface area contributed by atoms with Crippen molar-refractivity contribution in [1.29, 1.82) is 0 Å². The predicted molar refractivity (Wildman–Crippen MR) is 51.7 cm³/mol. The van der Waals surface area contributed by atoms with Gasteiger partial charge in [-0.1, -0.05) is 6.92 Å². The van der Waals surface area contributed by atoms with Gasteiger partial charge in [-0.05, 0) is 5.92 Å². The first kappa shape index (κ1) is 15.0. The third-order valence-electron chi connectivity index (χ3n) is 3.30. The van der Waals surface area contributed by atoms with E-state index in [9.17, 15) is 9.59 Å². The second kappa shape index (κ2) is 6.22. The van der Waals surface area contributed by atoms with Crippen molar-refractivity contribution in [2.75, 3.05) is 13.2 Å². The van der Waals surface area contributed by atoms with Crippen LogP contribution in [0.1, 0.15) is 6.92 Å². The maximum Gasteiger partial charge on any atom is 0.294 e. The van der Waals surface area contributed by atoms with Gasteiger partial charge < -0.3 is 14.2 Å². The topological polar surface area (TPSA) is 73.9 Å². The summed E-state index contributed by atoms with van der Waals surface area (Å²) in [5, 5.41) is 3.05. The van der Waals surface area contributed by atoms with Crippen LogP contribution in [0.3, 0.4) is 0 Å². The molecule has 0 aliphatic carbocycles. The summed E-state index contributed by atoms with van der Waals surface area (Å²) < 4.78 is 15.3. The minimum Gasteiger partial charge on any atom is -0.541 e. The Morgan fingerprint density at radius 1 is 1.53 bits per heavy atom. The van der Waals surface area contributed by atoms with E-state index in [1.54, 1.807) is 6.61 Å². The van der Waals surface area contributed by atoms with Crippen molar-refractivity contribution in [1.82, 2.24) is 5.32 Å². The molecule has 1 radical (unpaired) electrons. The predicted octanol–water partition coefficient (Wildman–Crippen LogP) is -0.558. The van der Waals surface area contributed by atoms with E-state index in [1.807, 2.05) is 6.92 Å². The first-order chi connectivity index (χ1) is 7.74. The number of hydrogen-bond acceptors (Lipinski definition) is 6. The average molecular weight is 317 g/mol. The number of hydrogen-bond donors (Lipinski definition) is 1. The molecule has 0 aromatic heterocycles. The molecule has 7 heteroatoms. The number of carbonyl (C=O) groups excluding carboxylic acids is 2. The van der Waals surface area contributed by atoms with Gasteiger partial charge in [-0.3, -0.25) is 14.9 Å². The van der Waals surface area contributed by atoms with Crippen LogP contribution in [0.25, 0.3) is 0 Å². The summed E-state index contributed by atoms with van der Waals surface area (Å²) >= 11 is 0. The van der Waals surface area contributed by atoms with Gasteiger partial charge >= 0.3 is 0 Å². The van der Waals surface area contributed by atoms with Crippen LogP contribution in [-0.2, 0) is 56.5 Å². The van der Waals surface area contributed by atoms with Crippen molar-refractivity contribution in [3.63, 3.8) is 0 Å². The van der Waals surface area contributed by atoms with Gasteiger partial charge in [-0.25, -0.2) is 6.61 Å². The van der Waals surface area contributed by atoms with Gasteiger partial charge in [0.25, 0.3) is 12.9 Å². The number of carbonyl (C=O) groups is 2. The monoisotopic (exact) mass is 317 g/mol. The summed E-state index contributed by atoms with van der Waals surface area (Å²) in [4.78, 5) is 20.7. The molecular weight excluding hydrogens is 303 g/mol. The molecule has 0 aromatic rings. The molecule has 0 bridgehead atoms. The van der Waals surface area contributed by atoms with Gasteiger partial charge in [0, 0.05) is 39.3 Å². The Morgan fingerprint density at radius 3 is 2.94 bits per heavy atom. The first-order valence-electron chi connectivity index (χ1n) is 5.13. The first-order valence-corrected chi connectivity index (χ1v) is 5.13. The molecule has 0 spiro atoms. The molecule has 4 atom stereocenters. The van der Waals surface area contributed by atoms with Gasteiger partial charge in [0.1, 0.15) is 12.2 Å². The summed E-state index contributed by atoms with van der Waals surface area (Å²) in [5.41, 5.74) is -0.777. The third-order valence-corrected chi connectivity index (χ3v) is 3.30. The molecule has 2 aliphatic rings. The van der Waals surface area contributed by atoms with Crippen molar-refractivity contribution >= 4 is 12.9 Å².